The summed E-state index contributed by atoms with van der Waals surface area (Å²) in [5.41, 5.74) is 2.62. The highest BCUT2D eigenvalue weighted by atomic mass is 35.5. The molecule has 0 spiro atoms. The smallest absolute Gasteiger partial charge is 0.0776 e. The highest BCUT2D eigenvalue weighted by Gasteiger charge is 2.12. The molecule has 1 atom stereocenters. The van der Waals surface area contributed by atoms with Gasteiger partial charge >= 0.3 is 0 Å². The van der Waals surface area contributed by atoms with Gasteiger partial charge in [-0.15, -0.1) is 0 Å². The first-order valence-corrected chi connectivity index (χ1v) is 7.18. The Balaban J connectivity index is 2.38. The van der Waals surface area contributed by atoms with Crippen LogP contribution in [0.4, 0.5) is 11.4 Å². The summed E-state index contributed by atoms with van der Waals surface area (Å²) in [6.07, 6.45) is -0.180. The van der Waals surface area contributed by atoms with Gasteiger partial charge in [0.25, 0.3) is 0 Å². The summed E-state index contributed by atoms with van der Waals surface area (Å²) in [5.74, 6) is 0. The van der Waals surface area contributed by atoms with Gasteiger partial charge in [0.15, 0.2) is 0 Å². The Bertz CT molecular complexity index is 635. The monoisotopic (exact) mass is 300 g/mol. The van der Waals surface area contributed by atoms with Crippen molar-refractivity contribution in [3.8, 4) is 6.07 Å². The van der Waals surface area contributed by atoms with Crippen LogP contribution in [-0.2, 0) is 0 Å². The number of hydrogen-bond donors (Lipinski definition) is 1. The molecule has 0 saturated heterocycles. The Kier molecular flexibility index (Phi) is 5.21. The highest BCUT2D eigenvalue weighted by Crippen LogP contribution is 2.31. The second-order valence-corrected chi connectivity index (χ2v) is 5.18. The van der Waals surface area contributed by atoms with Crippen molar-refractivity contribution in [2.45, 2.75) is 19.4 Å². The summed E-state index contributed by atoms with van der Waals surface area (Å²) < 4.78 is 0. The van der Waals surface area contributed by atoms with Gasteiger partial charge in [-0.2, -0.15) is 5.26 Å². The summed E-state index contributed by atoms with van der Waals surface area (Å²) in [5, 5.41) is 19.0. The molecule has 2 aromatic carbocycles. The average molecular weight is 301 g/mol. The zero-order valence-corrected chi connectivity index (χ0v) is 12.6. The fourth-order valence-corrected chi connectivity index (χ4v) is 2.53. The molecule has 0 amide bonds. The number of nitriles is 1. The molecule has 0 aliphatic heterocycles. The average Bonchev–Trinajstić information content (AvgIpc) is 2.48. The van der Waals surface area contributed by atoms with Crippen LogP contribution in [0.3, 0.4) is 0 Å². The van der Waals surface area contributed by atoms with Gasteiger partial charge in [0.1, 0.15) is 0 Å². The van der Waals surface area contributed by atoms with Gasteiger partial charge in [-0.3, -0.25) is 0 Å². The third-order valence-corrected chi connectivity index (χ3v) is 3.59. The Morgan fingerprint density at radius 2 is 1.90 bits per heavy atom. The van der Waals surface area contributed by atoms with Crippen molar-refractivity contribution < 1.29 is 5.11 Å². The number of rotatable bonds is 5. The number of aliphatic hydroxyl groups excluding tert-OH is 1. The Hall–Kier alpha value is -2.02. The van der Waals surface area contributed by atoms with Crippen molar-refractivity contribution in [2.75, 3.05) is 11.4 Å². The maximum atomic E-state index is 9.65. The standard InChI is InChI=1S/C17H17ClN2O/c1-13(21)16-9-8-15(12-17(16)18)20(11-5-10-19)14-6-3-2-4-7-14/h2-4,6-9,12-13,21H,5,11H2,1H3. The summed E-state index contributed by atoms with van der Waals surface area (Å²) in [6, 6.07) is 17.6. The van der Waals surface area contributed by atoms with Crippen LogP contribution in [0.5, 0.6) is 0 Å². The van der Waals surface area contributed by atoms with Crippen LogP contribution in [-0.4, -0.2) is 11.7 Å². The van der Waals surface area contributed by atoms with E-state index in [9.17, 15) is 5.11 Å². The van der Waals surface area contributed by atoms with Crippen LogP contribution < -0.4 is 4.90 Å². The molecule has 0 aliphatic carbocycles. The summed E-state index contributed by atoms with van der Waals surface area (Å²) in [4.78, 5) is 2.04. The first kappa shape index (κ1) is 15.4. The molecular formula is C17H17ClN2O. The predicted molar refractivity (Wildman–Crippen MR) is 85.8 cm³/mol. The summed E-state index contributed by atoms with van der Waals surface area (Å²) in [6.45, 7) is 2.27. The molecular weight excluding hydrogens is 284 g/mol. The minimum Gasteiger partial charge on any atom is -0.389 e. The Labute approximate surface area is 130 Å². The molecule has 0 radical (unpaired) electrons. The predicted octanol–water partition coefficient (Wildman–Crippen LogP) is 4.45. The molecule has 0 heterocycles. The summed E-state index contributed by atoms with van der Waals surface area (Å²) >= 11 is 6.24. The lowest BCUT2D eigenvalue weighted by molar-refractivity contribution is 0.199. The number of anilines is 2. The van der Waals surface area contributed by atoms with Crippen molar-refractivity contribution in [2.24, 2.45) is 0 Å². The maximum absolute atomic E-state index is 9.65. The number of halogens is 1. The van der Waals surface area contributed by atoms with E-state index in [0.717, 1.165) is 11.4 Å². The highest BCUT2D eigenvalue weighted by molar-refractivity contribution is 6.31. The molecule has 3 nitrogen and oxygen atoms in total. The quantitative estimate of drug-likeness (QED) is 0.887. The minimum atomic E-state index is -0.601. The fraction of sp³-hybridized carbons (Fsp3) is 0.235. The molecule has 0 bridgehead atoms. The SMILES string of the molecule is CC(O)c1ccc(N(CCC#N)c2ccccc2)cc1Cl. The third kappa shape index (κ3) is 3.75. The molecule has 0 saturated carbocycles. The van der Waals surface area contributed by atoms with Crippen molar-refractivity contribution in [3.05, 3.63) is 59.1 Å². The van der Waals surface area contributed by atoms with Crippen LogP contribution in [0.25, 0.3) is 0 Å². The minimum absolute atomic E-state index is 0.421. The molecule has 4 heteroatoms. The van der Waals surface area contributed by atoms with E-state index in [1.807, 2.05) is 53.4 Å². The second-order valence-electron chi connectivity index (χ2n) is 4.78. The second kappa shape index (κ2) is 7.12. The van der Waals surface area contributed by atoms with E-state index in [4.69, 9.17) is 16.9 Å². The molecule has 1 N–H and O–H groups in total. The lowest BCUT2D eigenvalue weighted by Crippen LogP contribution is -2.18. The Morgan fingerprint density at radius 1 is 1.19 bits per heavy atom. The van der Waals surface area contributed by atoms with Crippen molar-refractivity contribution in [1.29, 1.82) is 5.26 Å². The van der Waals surface area contributed by atoms with E-state index in [1.54, 1.807) is 6.92 Å². The van der Waals surface area contributed by atoms with E-state index in [0.29, 0.717) is 23.6 Å². The first-order valence-electron chi connectivity index (χ1n) is 6.80. The maximum Gasteiger partial charge on any atom is 0.0776 e. The van der Waals surface area contributed by atoms with Crippen LogP contribution >= 0.6 is 11.6 Å². The largest absolute Gasteiger partial charge is 0.389 e. The van der Waals surface area contributed by atoms with Crippen LogP contribution in [0.15, 0.2) is 48.5 Å². The zero-order chi connectivity index (χ0) is 15.2. The molecule has 0 aliphatic rings. The first-order chi connectivity index (χ1) is 10.1. The van der Waals surface area contributed by atoms with Crippen molar-refractivity contribution in [1.82, 2.24) is 0 Å². The van der Waals surface area contributed by atoms with E-state index in [-0.39, 0.29) is 0 Å². The molecule has 1 unspecified atom stereocenters. The molecule has 2 aromatic rings. The number of nitrogens with zero attached hydrogens (tertiary/aromatic N) is 2. The van der Waals surface area contributed by atoms with Crippen molar-refractivity contribution >= 4 is 23.0 Å². The molecule has 0 fully saturated rings. The van der Waals surface area contributed by atoms with Gasteiger partial charge in [-0.1, -0.05) is 35.9 Å². The van der Waals surface area contributed by atoms with E-state index in [2.05, 4.69) is 6.07 Å². The number of para-hydroxylation sites is 1. The van der Waals surface area contributed by atoms with Gasteiger partial charge in [0.05, 0.1) is 18.6 Å². The van der Waals surface area contributed by atoms with Gasteiger partial charge in [-0.25, -0.2) is 0 Å². The van der Waals surface area contributed by atoms with Gasteiger partial charge < -0.3 is 10.0 Å². The lowest BCUT2D eigenvalue weighted by atomic mass is 10.1. The van der Waals surface area contributed by atoms with Crippen molar-refractivity contribution in [3.63, 3.8) is 0 Å². The number of aliphatic hydroxyl groups is 1. The van der Waals surface area contributed by atoms with E-state index >= 15 is 0 Å². The summed E-state index contributed by atoms with van der Waals surface area (Å²) in [7, 11) is 0. The van der Waals surface area contributed by atoms with Crippen LogP contribution in [0, 0.1) is 11.3 Å². The van der Waals surface area contributed by atoms with E-state index < -0.39 is 6.10 Å². The normalized spacial score (nSPS) is 11.7. The van der Waals surface area contributed by atoms with Crippen LogP contribution in [0.2, 0.25) is 5.02 Å². The van der Waals surface area contributed by atoms with E-state index in [1.165, 1.54) is 0 Å². The Morgan fingerprint density at radius 3 is 2.48 bits per heavy atom. The molecule has 21 heavy (non-hydrogen) atoms. The zero-order valence-electron chi connectivity index (χ0n) is 11.8. The van der Waals surface area contributed by atoms with Gasteiger partial charge in [-0.05, 0) is 36.8 Å². The van der Waals surface area contributed by atoms with Gasteiger partial charge in [0, 0.05) is 22.9 Å². The third-order valence-electron chi connectivity index (χ3n) is 3.26. The fourth-order valence-electron chi connectivity index (χ4n) is 2.20. The topological polar surface area (TPSA) is 47.3 Å². The number of benzene rings is 2. The molecule has 0 aromatic heterocycles. The van der Waals surface area contributed by atoms with Crippen LogP contribution in [0.1, 0.15) is 25.0 Å². The molecule has 108 valence electrons. The van der Waals surface area contributed by atoms with Gasteiger partial charge in [0.2, 0.25) is 0 Å². The lowest BCUT2D eigenvalue weighted by Gasteiger charge is -2.25. The molecule has 2 rings (SSSR count). The number of hydrogen-bond acceptors (Lipinski definition) is 3.